The summed E-state index contributed by atoms with van der Waals surface area (Å²) in [5.74, 6) is 0. The normalized spacial score (nSPS) is 20.9. The topological polar surface area (TPSA) is 54.0 Å². The van der Waals surface area contributed by atoms with Crippen LogP contribution in [-0.4, -0.2) is 39.4 Å². The number of rotatable bonds is 5. The highest BCUT2D eigenvalue weighted by molar-refractivity contribution is 5.59. The van der Waals surface area contributed by atoms with E-state index in [-0.39, 0.29) is 12.9 Å². The first-order chi connectivity index (χ1) is 7.83. The van der Waals surface area contributed by atoms with Gasteiger partial charge in [0.1, 0.15) is 6.61 Å². The van der Waals surface area contributed by atoms with E-state index < -0.39 is 6.16 Å². The van der Waals surface area contributed by atoms with E-state index in [2.05, 4.69) is 9.47 Å². The molecule has 1 rings (SSSR count). The molecule has 0 radical (unpaired) electrons. The molecule has 0 aliphatic carbocycles. The molecule has 5 nitrogen and oxygen atoms in total. The average Bonchev–Trinajstić information content (AvgIpc) is 2.34. The van der Waals surface area contributed by atoms with Crippen LogP contribution in [0.15, 0.2) is 12.2 Å². The third-order valence-corrected chi connectivity index (χ3v) is 2.15. The van der Waals surface area contributed by atoms with Crippen LogP contribution in [0.2, 0.25) is 0 Å². The van der Waals surface area contributed by atoms with Crippen molar-refractivity contribution in [3.05, 3.63) is 12.2 Å². The van der Waals surface area contributed by atoms with Crippen molar-refractivity contribution in [3.8, 4) is 0 Å². The number of ether oxygens (including phenoxy) is 4. The molecule has 1 saturated heterocycles. The highest BCUT2D eigenvalue weighted by Crippen LogP contribution is 2.13. The molecule has 1 heterocycles. The van der Waals surface area contributed by atoms with Crippen molar-refractivity contribution in [2.75, 3.05) is 26.9 Å². The molecule has 1 aliphatic heterocycles. The van der Waals surface area contributed by atoms with E-state index in [9.17, 15) is 4.79 Å². The fourth-order valence-electron chi connectivity index (χ4n) is 1.32. The van der Waals surface area contributed by atoms with Crippen LogP contribution in [0.4, 0.5) is 4.79 Å². The minimum absolute atomic E-state index is 0.0834. The predicted molar refractivity (Wildman–Crippen MR) is 57.0 cm³/mol. The van der Waals surface area contributed by atoms with Crippen LogP contribution < -0.4 is 0 Å². The highest BCUT2D eigenvalue weighted by Gasteiger charge is 2.12. The van der Waals surface area contributed by atoms with Crippen molar-refractivity contribution in [1.82, 2.24) is 0 Å². The van der Waals surface area contributed by atoms with Crippen LogP contribution in [0, 0.1) is 0 Å². The van der Waals surface area contributed by atoms with Crippen LogP contribution in [-0.2, 0) is 18.9 Å². The summed E-state index contributed by atoms with van der Waals surface area (Å²) in [5, 5.41) is 0. The molecule has 0 saturated carbocycles. The second-order valence-corrected chi connectivity index (χ2v) is 3.37. The second-order valence-electron chi connectivity index (χ2n) is 3.37. The Balaban J connectivity index is 1.97. The SMILES string of the molecule is COC(=O)OC/C=C\COC1CCCCO1. The van der Waals surface area contributed by atoms with Gasteiger partial charge in [0, 0.05) is 6.61 Å². The summed E-state index contributed by atoms with van der Waals surface area (Å²) in [6.45, 7) is 1.44. The largest absolute Gasteiger partial charge is 0.508 e. The molecule has 0 aromatic heterocycles. The van der Waals surface area contributed by atoms with Gasteiger partial charge >= 0.3 is 6.16 Å². The maximum Gasteiger partial charge on any atom is 0.508 e. The minimum atomic E-state index is -0.679. The van der Waals surface area contributed by atoms with Gasteiger partial charge in [0.25, 0.3) is 0 Å². The van der Waals surface area contributed by atoms with E-state index in [1.165, 1.54) is 7.11 Å². The summed E-state index contributed by atoms with van der Waals surface area (Å²) in [7, 11) is 1.27. The molecule has 1 aliphatic rings. The van der Waals surface area contributed by atoms with Crippen molar-refractivity contribution in [1.29, 1.82) is 0 Å². The van der Waals surface area contributed by atoms with Crippen LogP contribution in [0.3, 0.4) is 0 Å². The fourth-order valence-corrected chi connectivity index (χ4v) is 1.32. The van der Waals surface area contributed by atoms with Gasteiger partial charge in [-0.15, -0.1) is 0 Å². The van der Waals surface area contributed by atoms with E-state index in [1.54, 1.807) is 12.2 Å². The predicted octanol–water partition coefficient (Wildman–Crippen LogP) is 1.87. The molecule has 0 bridgehead atoms. The third-order valence-electron chi connectivity index (χ3n) is 2.15. The molecule has 0 spiro atoms. The van der Waals surface area contributed by atoms with E-state index in [4.69, 9.17) is 9.47 Å². The summed E-state index contributed by atoms with van der Waals surface area (Å²) in [6.07, 6.45) is 5.96. The standard InChI is InChI=1S/C11H18O5/c1-13-11(12)16-9-5-4-8-15-10-6-2-3-7-14-10/h4-5,10H,2-3,6-9H2,1H3/b5-4-. The molecule has 0 N–H and O–H groups in total. The van der Waals surface area contributed by atoms with Crippen molar-refractivity contribution >= 4 is 6.16 Å². The molecule has 5 heteroatoms. The maximum absolute atomic E-state index is 10.6. The molecule has 16 heavy (non-hydrogen) atoms. The van der Waals surface area contributed by atoms with Gasteiger partial charge in [-0.1, -0.05) is 6.08 Å². The minimum Gasteiger partial charge on any atom is -0.438 e. The van der Waals surface area contributed by atoms with Gasteiger partial charge in [0.15, 0.2) is 6.29 Å². The monoisotopic (exact) mass is 230 g/mol. The average molecular weight is 230 g/mol. The van der Waals surface area contributed by atoms with Crippen LogP contribution in [0.1, 0.15) is 19.3 Å². The number of hydrogen-bond donors (Lipinski definition) is 0. The smallest absolute Gasteiger partial charge is 0.438 e. The van der Waals surface area contributed by atoms with E-state index in [0.717, 1.165) is 25.9 Å². The zero-order valence-corrected chi connectivity index (χ0v) is 9.52. The zero-order valence-electron chi connectivity index (χ0n) is 9.52. The Labute approximate surface area is 95.3 Å². The molecule has 92 valence electrons. The molecular weight excluding hydrogens is 212 g/mol. The molecule has 0 aromatic carbocycles. The number of carbonyl (C=O) groups is 1. The molecule has 1 fully saturated rings. The molecule has 1 atom stereocenters. The number of carbonyl (C=O) groups excluding carboxylic acids is 1. The summed E-state index contributed by atoms with van der Waals surface area (Å²) in [5.41, 5.74) is 0. The van der Waals surface area contributed by atoms with Gasteiger partial charge in [-0.2, -0.15) is 0 Å². The lowest BCUT2D eigenvalue weighted by Gasteiger charge is -2.21. The van der Waals surface area contributed by atoms with E-state index in [1.807, 2.05) is 0 Å². The first-order valence-electron chi connectivity index (χ1n) is 5.42. The van der Waals surface area contributed by atoms with E-state index in [0.29, 0.717) is 6.61 Å². The van der Waals surface area contributed by atoms with Crippen molar-refractivity contribution in [2.24, 2.45) is 0 Å². The zero-order chi connectivity index (χ0) is 11.6. The lowest BCUT2D eigenvalue weighted by molar-refractivity contribution is -0.155. The van der Waals surface area contributed by atoms with Gasteiger partial charge in [-0.05, 0) is 25.3 Å². The summed E-state index contributed by atoms with van der Waals surface area (Å²) < 4.78 is 19.8. The van der Waals surface area contributed by atoms with Gasteiger partial charge in [-0.3, -0.25) is 0 Å². The summed E-state index contributed by atoms with van der Waals surface area (Å²) in [4.78, 5) is 10.6. The Morgan fingerprint density at radius 3 is 2.88 bits per heavy atom. The van der Waals surface area contributed by atoms with E-state index >= 15 is 0 Å². The van der Waals surface area contributed by atoms with Gasteiger partial charge in [-0.25, -0.2) is 4.79 Å². The van der Waals surface area contributed by atoms with Crippen molar-refractivity contribution < 1.29 is 23.7 Å². The molecule has 0 amide bonds. The second kappa shape index (κ2) is 8.13. The Hall–Kier alpha value is -1.07. The van der Waals surface area contributed by atoms with Gasteiger partial charge < -0.3 is 18.9 Å². The van der Waals surface area contributed by atoms with Crippen molar-refractivity contribution in [3.63, 3.8) is 0 Å². The molecule has 1 unspecified atom stereocenters. The lowest BCUT2D eigenvalue weighted by atomic mass is 10.2. The van der Waals surface area contributed by atoms with Gasteiger partial charge in [0.05, 0.1) is 13.7 Å². The van der Waals surface area contributed by atoms with Gasteiger partial charge in [0.2, 0.25) is 0 Å². The maximum atomic E-state index is 10.6. The lowest BCUT2D eigenvalue weighted by Crippen LogP contribution is -2.22. The molecule has 0 aromatic rings. The Bertz CT molecular complexity index is 220. The third kappa shape index (κ3) is 5.72. The Morgan fingerprint density at radius 2 is 2.19 bits per heavy atom. The molecular formula is C11H18O5. The Kier molecular flexibility index (Phi) is 6.60. The number of hydrogen-bond acceptors (Lipinski definition) is 5. The summed E-state index contributed by atoms with van der Waals surface area (Å²) >= 11 is 0. The first kappa shape index (κ1) is 13.0. The van der Waals surface area contributed by atoms with Crippen molar-refractivity contribution in [2.45, 2.75) is 25.6 Å². The number of methoxy groups -OCH3 is 1. The summed E-state index contributed by atoms with van der Waals surface area (Å²) in [6, 6.07) is 0. The fraction of sp³-hybridized carbons (Fsp3) is 0.727. The van der Waals surface area contributed by atoms with Crippen LogP contribution >= 0.6 is 0 Å². The highest BCUT2D eigenvalue weighted by atomic mass is 16.7. The van der Waals surface area contributed by atoms with Crippen LogP contribution in [0.25, 0.3) is 0 Å². The first-order valence-corrected chi connectivity index (χ1v) is 5.42. The quantitative estimate of drug-likeness (QED) is 0.533. The van der Waals surface area contributed by atoms with Crippen LogP contribution in [0.5, 0.6) is 0 Å². The Morgan fingerprint density at radius 1 is 1.38 bits per heavy atom.